The molecule has 0 saturated carbocycles. The van der Waals surface area contributed by atoms with Gasteiger partial charge in [0.15, 0.2) is 0 Å². The molecule has 0 radical (unpaired) electrons. The van der Waals surface area contributed by atoms with Gasteiger partial charge < -0.3 is 5.11 Å². The molecular weight excluding hydrogens is 172 g/mol. The van der Waals surface area contributed by atoms with Crippen LogP contribution in [-0.2, 0) is 6.42 Å². The maximum atomic E-state index is 9.41. The van der Waals surface area contributed by atoms with E-state index in [1.807, 2.05) is 6.08 Å². The van der Waals surface area contributed by atoms with Crippen molar-refractivity contribution in [3.63, 3.8) is 0 Å². The zero-order chi connectivity index (χ0) is 9.97. The van der Waals surface area contributed by atoms with Crippen LogP contribution in [0.15, 0.2) is 30.3 Å². The number of allylic oxidation sites excluding steroid dienone is 1. The largest absolute Gasteiger partial charge is 0.389 e. The van der Waals surface area contributed by atoms with Crippen molar-refractivity contribution >= 4 is 5.57 Å². The number of benzene rings is 1. The Labute approximate surface area is 85.1 Å². The molecule has 1 unspecified atom stereocenters. The van der Waals surface area contributed by atoms with Crippen LogP contribution < -0.4 is 0 Å². The third kappa shape index (κ3) is 1.88. The summed E-state index contributed by atoms with van der Waals surface area (Å²) in [4.78, 5) is 0. The molecule has 1 aromatic rings. The first-order chi connectivity index (χ1) is 6.79. The average Bonchev–Trinajstić information content (AvgIpc) is 2.65. The fourth-order valence-corrected chi connectivity index (χ4v) is 1.93. The van der Waals surface area contributed by atoms with Crippen molar-refractivity contribution in [1.82, 2.24) is 0 Å². The SMILES string of the molecule is CCc1cccc(C2=CC(O)CC2)c1. The summed E-state index contributed by atoms with van der Waals surface area (Å²) in [5, 5.41) is 9.41. The molecule has 1 atom stereocenters. The van der Waals surface area contributed by atoms with Crippen LogP contribution >= 0.6 is 0 Å². The first-order valence-corrected chi connectivity index (χ1v) is 5.27. The number of aliphatic hydroxyl groups excluding tert-OH is 1. The molecule has 1 aromatic carbocycles. The van der Waals surface area contributed by atoms with Gasteiger partial charge in [0.25, 0.3) is 0 Å². The number of rotatable bonds is 2. The second kappa shape index (κ2) is 3.97. The summed E-state index contributed by atoms with van der Waals surface area (Å²) >= 11 is 0. The van der Waals surface area contributed by atoms with Crippen LogP contribution in [0.3, 0.4) is 0 Å². The summed E-state index contributed by atoms with van der Waals surface area (Å²) in [6, 6.07) is 8.60. The highest BCUT2D eigenvalue weighted by atomic mass is 16.3. The van der Waals surface area contributed by atoms with Crippen LogP contribution in [0.2, 0.25) is 0 Å². The second-order valence-corrected chi connectivity index (χ2v) is 3.85. The second-order valence-electron chi connectivity index (χ2n) is 3.85. The molecule has 0 amide bonds. The molecule has 0 fully saturated rings. The molecular formula is C13H16O. The van der Waals surface area contributed by atoms with Crippen molar-refractivity contribution < 1.29 is 5.11 Å². The number of aryl methyl sites for hydroxylation is 1. The molecule has 0 aromatic heterocycles. The summed E-state index contributed by atoms with van der Waals surface area (Å²) in [5.74, 6) is 0. The Morgan fingerprint density at radius 1 is 1.43 bits per heavy atom. The van der Waals surface area contributed by atoms with Gasteiger partial charge in [0.2, 0.25) is 0 Å². The highest BCUT2D eigenvalue weighted by Gasteiger charge is 2.13. The highest BCUT2D eigenvalue weighted by molar-refractivity contribution is 5.68. The van der Waals surface area contributed by atoms with Crippen LogP contribution in [0.4, 0.5) is 0 Å². The van der Waals surface area contributed by atoms with Gasteiger partial charge in [-0.15, -0.1) is 0 Å². The molecule has 1 aliphatic rings. The molecule has 1 heteroatoms. The van der Waals surface area contributed by atoms with Crippen LogP contribution in [0.1, 0.15) is 30.9 Å². The summed E-state index contributed by atoms with van der Waals surface area (Å²) in [6.45, 7) is 2.16. The first kappa shape index (κ1) is 9.47. The Morgan fingerprint density at radius 3 is 2.93 bits per heavy atom. The molecule has 1 aliphatic carbocycles. The number of aliphatic hydroxyl groups is 1. The van der Waals surface area contributed by atoms with Gasteiger partial charge in [0, 0.05) is 0 Å². The third-order valence-corrected chi connectivity index (χ3v) is 2.81. The van der Waals surface area contributed by atoms with E-state index in [0.29, 0.717) is 0 Å². The smallest absolute Gasteiger partial charge is 0.0730 e. The maximum absolute atomic E-state index is 9.41. The summed E-state index contributed by atoms with van der Waals surface area (Å²) in [7, 11) is 0. The van der Waals surface area contributed by atoms with Crippen LogP contribution in [0, 0.1) is 0 Å². The van der Waals surface area contributed by atoms with Gasteiger partial charge >= 0.3 is 0 Å². The molecule has 2 rings (SSSR count). The fourth-order valence-electron chi connectivity index (χ4n) is 1.93. The van der Waals surface area contributed by atoms with Crippen LogP contribution in [-0.4, -0.2) is 11.2 Å². The summed E-state index contributed by atoms with van der Waals surface area (Å²) < 4.78 is 0. The first-order valence-electron chi connectivity index (χ1n) is 5.27. The zero-order valence-electron chi connectivity index (χ0n) is 8.53. The Kier molecular flexibility index (Phi) is 2.69. The van der Waals surface area contributed by atoms with Gasteiger partial charge in [-0.2, -0.15) is 0 Å². The predicted molar refractivity (Wildman–Crippen MR) is 59.0 cm³/mol. The minimum Gasteiger partial charge on any atom is -0.389 e. The van der Waals surface area contributed by atoms with Crippen molar-refractivity contribution in [2.24, 2.45) is 0 Å². The molecule has 14 heavy (non-hydrogen) atoms. The van der Waals surface area contributed by atoms with E-state index < -0.39 is 0 Å². The predicted octanol–water partition coefficient (Wildman–Crippen LogP) is 2.79. The van der Waals surface area contributed by atoms with E-state index in [9.17, 15) is 5.11 Å². The van der Waals surface area contributed by atoms with Crippen molar-refractivity contribution in [3.05, 3.63) is 41.5 Å². The van der Waals surface area contributed by atoms with Gasteiger partial charge in [-0.1, -0.05) is 37.3 Å². The van der Waals surface area contributed by atoms with Gasteiger partial charge in [0.1, 0.15) is 0 Å². The maximum Gasteiger partial charge on any atom is 0.0730 e. The minimum atomic E-state index is -0.227. The van der Waals surface area contributed by atoms with Crippen LogP contribution in [0.25, 0.3) is 5.57 Å². The quantitative estimate of drug-likeness (QED) is 0.756. The van der Waals surface area contributed by atoms with E-state index >= 15 is 0 Å². The molecule has 0 saturated heterocycles. The van der Waals surface area contributed by atoms with Crippen molar-refractivity contribution in [2.75, 3.05) is 0 Å². The number of hydrogen-bond acceptors (Lipinski definition) is 1. The van der Waals surface area contributed by atoms with E-state index in [0.717, 1.165) is 19.3 Å². The summed E-state index contributed by atoms with van der Waals surface area (Å²) in [5.41, 5.74) is 3.94. The van der Waals surface area contributed by atoms with Crippen molar-refractivity contribution in [3.8, 4) is 0 Å². The molecule has 0 heterocycles. The van der Waals surface area contributed by atoms with E-state index in [4.69, 9.17) is 0 Å². The lowest BCUT2D eigenvalue weighted by Gasteiger charge is -2.03. The van der Waals surface area contributed by atoms with Gasteiger partial charge in [-0.3, -0.25) is 0 Å². The molecule has 74 valence electrons. The molecule has 1 nitrogen and oxygen atoms in total. The fraction of sp³-hybridized carbons (Fsp3) is 0.385. The molecule has 0 spiro atoms. The zero-order valence-corrected chi connectivity index (χ0v) is 8.53. The topological polar surface area (TPSA) is 20.2 Å². The van der Waals surface area contributed by atoms with Gasteiger partial charge in [0.05, 0.1) is 6.10 Å². The lowest BCUT2D eigenvalue weighted by Crippen LogP contribution is -1.93. The van der Waals surface area contributed by atoms with E-state index in [1.165, 1.54) is 16.7 Å². The molecule has 0 aliphatic heterocycles. The van der Waals surface area contributed by atoms with Gasteiger partial charge in [-0.25, -0.2) is 0 Å². The van der Waals surface area contributed by atoms with E-state index in [1.54, 1.807) is 0 Å². The monoisotopic (exact) mass is 188 g/mol. The Bertz CT molecular complexity index is 352. The lowest BCUT2D eigenvalue weighted by molar-refractivity contribution is 0.223. The number of hydrogen-bond donors (Lipinski definition) is 1. The standard InChI is InChI=1S/C13H16O/c1-2-10-4-3-5-11(8-10)12-6-7-13(14)9-12/h3-5,8-9,13-14H,2,6-7H2,1H3. The van der Waals surface area contributed by atoms with Crippen molar-refractivity contribution in [2.45, 2.75) is 32.3 Å². The lowest BCUT2D eigenvalue weighted by atomic mass is 10.0. The van der Waals surface area contributed by atoms with E-state index in [-0.39, 0.29) is 6.10 Å². The highest BCUT2D eigenvalue weighted by Crippen LogP contribution is 2.28. The van der Waals surface area contributed by atoms with Crippen LogP contribution in [0.5, 0.6) is 0 Å². The summed E-state index contributed by atoms with van der Waals surface area (Å²) in [6.07, 6.45) is 4.72. The van der Waals surface area contributed by atoms with Crippen molar-refractivity contribution in [1.29, 1.82) is 0 Å². The Balaban J connectivity index is 2.28. The molecule has 0 bridgehead atoms. The molecule has 1 N–H and O–H groups in total. The Hall–Kier alpha value is -1.08. The third-order valence-electron chi connectivity index (χ3n) is 2.81. The normalized spacial score (nSPS) is 21.0. The van der Waals surface area contributed by atoms with Gasteiger partial charge in [-0.05, 0) is 36.0 Å². The average molecular weight is 188 g/mol. The van der Waals surface area contributed by atoms with E-state index in [2.05, 4.69) is 31.2 Å². The Morgan fingerprint density at radius 2 is 2.29 bits per heavy atom. The minimum absolute atomic E-state index is 0.227.